The van der Waals surface area contributed by atoms with E-state index in [0.29, 0.717) is 19.6 Å². The van der Waals surface area contributed by atoms with Crippen LogP contribution in [0.15, 0.2) is 30.5 Å². The van der Waals surface area contributed by atoms with Crippen LogP contribution in [0.2, 0.25) is 0 Å². The van der Waals surface area contributed by atoms with Gasteiger partial charge in [0.25, 0.3) is 0 Å². The molecule has 172 valence electrons. The largest absolute Gasteiger partial charge is 0.476 e. The highest BCUT2D eigenvalue weighted by Crippen LogP contribution is 2.41. The summed E-state index contributed by atoms with van der Waals surface area (Å²) in [6, 6.07) is 5.29. The van der Waals surface area contributed by atoms with Gasteiger partial charge in [-0.25, -0.2) is 9.59 Å². The third-order valence-electron chi connectivity index (χ3n) is 6.62. The molecule has 2 aliphatic heterocycles. The van der Waals surface area contributed by atoms with Crippen LogP contribution in [0.3, 0.4) is 0 Å². The monoisotopic (exact) mass is 450 g/mol. The lowest BCUT2D eigenvalue weighted by molar-refractivity contribution is -0.138. The molecule has 0 atom stereocenters. The average molecular weight is 450 g/mol. The smallest absolute Gasteiger partial charge is 0.416 e. The Bertz CT molecular complexity index is 1030. The number of aryl methyl sites for hydroxylation is 1. The van der Waals surface area contributed by atoms with E-state index >= 15 is 0 Å². The minimum Gasteiger partial charge on any atom is -0.476 e. The van der Waals surface area contributed by atoms with Crippen LogP contribution >= 0.6 is 0 Å². The minimum absolute atomic E-state index is 0.0913. The van der Waals surface area contributed by atoms with Gasteiger partial charge >= 0.3 is 18.2 Å². The van der Waals surface area contributed by atoms with E-state index in [4.69, 9.17) is 5.11 Å². The molecule has 0 aliphatic carbocycles. The van der Waals surface area contributed by atoms with Crippen molar-refractivity contribution in [3.05, 3.63) is 52.8 Å². The maximum atomic E-state index is 13.0. The first-order valence-corrected chi connectivity index (χ1v) is 10.5. The van der Waals surface area contributed by atoms with Gasteiger partial charge in [0.1, 0.15) is 0 Å². The summed E-state index contributed by atoms with van der Waals surface area (Å²) in [5.74, 6) is -1.18. The minimum atomic E-state index is -4.34. The molecule has 2 aromatic rings. The fourth-order valence-corrected chi connectivity index (χ4v) is 4.83. The Morgan fingerprint density at radius 2 is 1.81 bits per heavy atom. The molecule has 1 N–H and O–H groups in total. The van der Waals surface area contributed by atoms with E-state index in [1.807, 2.05) is 0 Å². The highest BCUT2D eigenvalue weighted by atomic mass is 19.4. The summed E-state index contributed by atoms with van der Waals surface area (Å²) in [6.07, 6.45) is -0.334. The highest BCUT2D eigenvalue weighted by Gasteiger charge is 2.41. The number of benzene rings is 1. The van der Waals surface area contributed by atoms with Crippen LogP contribution in [-0.2, 0) is 12.7 Å². The Hall–Kier alpha value is -2.88. The molecule has 3 heterocycles. The van der Waals surface area contributed by atoms with Crippen LogP contribution in [0.25, 0.3) is 0 Å². The van der Waals surface area contributed by atoms with Crippen molar-refractivity contribution in [2.45, 2.75) is 38.9 Å². The third-order valence-corrected chi connectivity index (χ3v) is 6.62. The van der Waals surface area contributed by atoms with Crippen molar-refractivity contribution < 1.29 is 27.9 Å². The van der Waals surface area contributed by atoms with Crippen LogP contribution in [0, 0.1) is 12.3 Å². The van der Waals surface area contributed by atoms with Crippen molar-refractivity contribution in [2.75, 3.05) is 26.2 Å². The third kappa shape index (κ3) is 4.50. The second-order valence-corrected chi connectivity index (χ2v) is 8.83. The van der Waals surface area contributed by atoms with Crippen LogP contribution in [0.1, 0.15) is 46.4 Å². The first-order valence-electron chi connectivity index (χ1n) is 10.5. The standard InChI is InChI=1S/C22H25F3N4O3/c1-15-12-16(2-3-17(15)22(23,24)25)13-27-9-5-21(14-27)6-10-28(11-7-21)20(32)29-8-4-18(26-29)19(30)31/h2-4,8,12H,5-7,9-11,13-14H2,1H3,(H,30,31). The fraction of sp³-hybridized carbons (Fsp3) is 0.500. The van der Waals surface area contributed by atoms with Gasteiger partial charge in [-0.2, -0.15) is 23.0 Å². The topological polar surface area (TPSA) is 78.7 Å². The molecule has 1 spiro atoms. The van der Waals surface area contributed by atoms with E-state index in [-0.39, 0.29) is 22.7 Å². The van der Waals surface area contributed by atoms with Crippen molar-refractivity contribution in [3.63, 3.8) is 0 Å². The predicted molar refractivity (Wildman–Crippen MR) is 109 cm³/mol. The lowest BCUT2D eigenvalue weighted by atomic mass is 9.78. The molecular weight excluding hydrogens is 425 g/mol. The summed E-state index contributed by atoms with van der Waals surface area (Å²) < 4.78 is 40.0. The number of aromatic nitrogens is 2. The molecule has 7 nitrogen and oxygen atoms in total. The number of hydrogen-bond acceptors (Lipinski definition) is 4. The molecule has 1 amide bonds. The van der Waals surface area contributed by atoms with Gasteiger partial charge in [-0.1, -0.05) is 12.1 Å². The molecule has 1 aromatic heterocycles. The summed E-state index contributed by atoms with van der Waals surface area (Å²) in [5.41, 5.74) is 0.433. The summed E-state index contributed by atoms with van der Waals surface area (Å²) in [7, 11) is 0. The second kappa shape index (κ2) is 8.23. The van der Waals surface area contributed by atoms with Gasteiger partial charge in [0.05, 0.1) is 5.56 Å². The second-order valence-electron chi connectivity index (χ2n) is 8.83. The van der Waals surface area contributed by atoms with E-state index in [1.54, 1.807) is 17.0 Å². The predicted octanol–water partition coefficient (Wildman–Crippen LogP) is 3.86. The molecule has 0 saturated carbocycles. The maximum absolute atomic E-state index is 13.0. The van der Waals surface area contributed by atoms with Gasteiger partial charge in [-0.05, 0) is 61.4 Å². The van der Waals surface area contributed by atoms with E-state index in [2.05, 4.69) is 10.00 Å². The van der Waals surface area contributed by atoms with E-state index < -0.39 is 17.7 Å². The zero-order valence-electron chi connectivity index (χ0n) is 17.7. The highest BCUT2D eigenvalue weighted by molar-refractivity contribution is 5.86. The van der Waals surface area contributed by atoms with Gasteiger partial charge in [0.15, 0.2) is 5.69 Å². The quantitative estimate of drug-likeness (QED) is 0.768. The van der Waals surface area contributed by atoms with Crippen molar-refractivity contribution >= 4 is 12.0 Å². The first kappa shape index (κ1) is 22.3. The van der Waals surface area contributed by atoms with Gasteiger partial charge < -0.3 is 10.0 Å². The molecule has 32 heavy (non-hydrogen) atoms. The Morgan fingerprint density at radius 1 is 1.12 bits per heavy atom. The molecule has 2 saturated heterocycles. The zero-order chi connectivity index (χ0) is 23.1. The average Bonchev–Trinajstić information content (AvgIpc) is 3.35. The van der Waals surface area contributed by atoms with Gasteiger partial charge in [0.2, 0.25) is 0 Å². The Kier molecular flexibility index (Phi) is 5.74. The SMILES string of the molecule is Cc1cc(CN2CCC3(CCN(C(=O)n4ccc(C(=O)O)n4)CC3)C2)ccc1C(F)(F)F. The molecular formula is C22H25F3N4O3. The van der Waals surface area contributed by atoms with Crippen LogP contribution in [-0.4, -0.2) is 62.9 Å². The summed E-state index contributed by atoms with van der Waals surface area (Å²) in [6.45, 7) is 4.94. The Balaban J connectivity index is 1.33. The molecule has 0 bridgehead atoms. The molecule has 2 aliphatic rings. The fourth-order valence-electron chi connectivity index (χ4n) is 4.83. The number of amides is 1. The number of carbonyl (C=O) groups excluding carboxylic acids is 1. The summed E-state index contributed by atoms with van der Waals surface area (Å²) in [5, 5.41) is 12.8. The molecule has 4 rings (SSSR count). The van der Waals surface area contributed by atoms with Crippen LogP contribution in [0.5, 0.6) is 0 Å². The molecule has 0 radical (unpaired) electrons. The number of likely N-dealkylation sites (tertiary alicyclic amines) is 2. The van der Waals surface area contributed by atoms with E-state index in [9.17, 15) is 22.8 Å². The summed E-state index contributed by atoms with van der Waals surface area (Å²) in [4.78, 5) is 27.5. The maximum Gasteiger partial charge on any atom is 0.416 e. The van der Waals surface area contributed by atoms with Crippen LogP contribution < -0.4 is 0 Å². The number of rotatable bonds is 3. The van der Waals surface area contributed by atoms with Crippen molar-refractivity contribution in [1.82, 2.24) is 19.6 Å². The van der Waals surface area contributed by atoms with Gasteiger partial charge in [-0.15, -0.1) is 0 Å². The normalized spacial score (nSPS) is 18.9. The number of aromatic carboxylic acids is 1. The number of alkyl halides is 3. The number of carbonyl (C=O) groups is 2. The Labute approximate surface area is 183 Å². The Morgan fingerprint density at radius 3 is 2.41 bits per heavy atom. The molecule has 1 aromatic carbocycles. The van der Waals surface area contributed by atoms with Gasteiger partial charge in [0, 0.05) is 32.4 Å². The number of halogens is 3. The lowest BCUT2D eigenvalue weighted by Gasteiger charge is -2.39. The number of nitrogens with zero attached hydrogens (tertiary/aromatic N) is 4. The van der Waals surface area contributed by atoms with E-state index in [1.165, 1.54) is 19.2 Å². The first-order chi connectivity index (χ1) is 15.1. The molecule has 2 fully saturated rings. The van der Waals surface area contributed by atoms with E-state index in [0.717, 1.165) is 48.7 Å². The number of hydrogen-bond donors (Lipinski definition) is 1. The molecule has 10 heteroatoms. The lowest BCUT2D eigenvalue weighted by Crippen LogP contribution is -2.45. The number of carboxylic acid groups (broad SMARTS) is 1. The van der Waals surface area contributed by atoms with Crippen molar-refractivity contribution in [3.8, 4) is 0 Å². The number of carboxylic acids is 1. The summed E-state index contributed by atoms with van der Waals surface area (Å²) >= 11 is 0. The molecule has 0 unspecified atom stereocenters. The zero-order valence-corrected chi connectivity index (χ0v) is 17.7. The number of piperidine rings is 1. The van der Waals surface area contributed by atoms with Crippen molar-refractivity contribution in [1.29, 1.82) is 0 Å². The van der Waals surface area contributed by atoms with Crippen molar-refractivity contribution in [2.24, 2.45) is 5.41 Å². The van der Waals surface area contributed by atoms with Gasteiger partial charge in [-0.3, -0.25) is 4.90 Å². The van der Waals surface area contributed by atoms with Crippen LogP contribution in [0.4, 0.5) is 18.0 Å².